The first-order valence-corrected chi connectivity index (χ1v) is 4.75. The zero-order valence-electron chi connectivity index (χ0n) is 8.95. The van der Waals surface area contributed by atoms with Gasteiger partial charge < -0.3 is 10.5 Å². The molecular formula is C10H17N3O. The lowest BCUT2D eigenvalue weighted by atomic mass is 10.1. The minimum Gasteiger partial charge on any atom is -0.384 e. The molecule has 0 aliphatic rings. The second-order valence-corrected chi connectivity index (χ2v) is 3.53. The Morgan fingerprint density at radius 2 is 2.14 bits per heavy atom. The van der Waals surface area contributed by atoms with Gasteiger partial charge in [-0.1, -0.05) is 13.8 Å². The Labute approximate surface area is 84.5 Å². The lowest BCUT2D eigenvalue weighted by Crippen LogP contribution is -2.06. The van der Waals surface area contributed by atoms with Crippen molar-refractivity contribution in [2.24, 2.45) is 0 Å². The van der Waals surface area contributed by atoms with Crippen LogP contribution in [0.5, 0.6) is 0 Å². The third kappa shape index (κ3) is 2.96. The van der Waals surface area contributed by atoms with E-state index >= 15 is 0 Å². The van der Waals surface area contributed by atoms with Crippen molar-refractivity contribution in [2.75, 3.05) is 19.5 Å². The van der Waals surface area contributed by atoms with Crippen molar-refractivity contribution in [3.8, 4) is 0 Å². The zero-order valence-corrected chi connectivity index (χ0v) is 8.95. The summed E-state index contributed by atoms with van der Waals surface area (Å²) in [6.45, 7) is 4.80. The van der Waals surface area contributed by atoms with Crippen LogP contribution < -0.4 is 5.73 Å². The average Bonchev–Trinajstić information content (AvgIpc) is 2.14. The predicted molar refractivity (Wildman–Crippen MR) is 56.1 cm³/mol. The van der Waals surface area contributed by atoms with Crippen LogP contribution in [0.1, 0.15) is 31.3 Å². The lowest BCUT2D eigenvalue weighted by Gasteiger charge is -2.07. The predicted octanol–water partition coefficient (Wildman–Crippen LogP) is 1.37. The van der Waals surface area contributed by atoms with Gasteiger partial charge in [-0.05, 0) is 5.92 Å². The normalized spacial score (nSPS) is 10.9. The van der Waals surface area contributed by atoms with Crippen LogP contribution in [0, 0.1) is 0 Å². The molecule has 0 bridgehead atoms. The molecule has 1 heterocycles. The molecule has 0 unspecified atom stereocenters. The number of ether oxygens (including phenoxy) is 1. The summed E-state index contributed by atoms with van der Waals surface area (Å²) in [5, 5.41) is 0. The van der Waals surface area contributed by atoms with Crippen molar-refractivity contribution in [1.82, 2.24) is 9.97 Å². The van der Waals surface area contributed by atoms with Crippen molar-refractivity contribution >= 4 is 5.82 Å². The van der Waals surface area contributed by atoms with E-state index in [0.29, 0.717) is 24.8 Å². The molecule has 0 spiro atoms. The summed E-state index contributed by atoms with van der Waals surface area (Å²) in [6.07, 6.45) is 0.710. The fourth-order valence-electron chi connectivity index (χ4n) is 1.14. The van der Waals surface area contributed by atoms with Crippen molar-refractivity contribution in [3.05, 3.63) is 17.6 Å². The quantitative estimate of drug-likeness (QED) is 0.788. The molecular weight excluding hydrogens is 178 g/mol. The van der Waals surface area contributed by atoms with Gasteiger partial charge in [0.25, 0.3) is 0 Å². The van der Waals surface area contributed by atoms with Crippen molar-refractivity contribution in [1.29, 1.82) is 0 Å². The van der Waals surface area contributed by atoms with Gasteiger partial charge in [0.05, 0.1) is 6.61 Å². The fraction of sp³-hybridized carbons (Fsp3) is 0.600. The Morgan fingerprint density at radius 3 is 2.71 bits per heavy atom. The maximum absolute atomic E-state index is 5.68. The second kappa shape index (κ2) is 4.91. The monoisotopic (exact) mass is 195 g/mol. The smallest absolute Gasteiger partial charge is 0.133 e. The van der Waals surface area contributed by atoms with Gasteiger partial charge in [0.15, 0.2) is 0 Å². The maximum Gasteiger partial charge on any atom is 0.133 e. The number of nitrogen functional groups attached to an aromatic ring is 1. The van der Waals surface area contributed by atoms with Crippen LogP contribution in [-0.2, 0) is 11.2 Å². The van der Waals surface area contributed by atoms with Crippen LogP contribution in [0.3, 0.4) is 0 Å². The van der Waals surface area contributed by atoms with Gasteiger partial charge in [-0.15, -0.1) is 0 Å². The Hall–Kier alpha value is -1.16. The van der Waals surface area contributed by atoms with Crippen molar-refractivity contribution in [2.45, 2.75) is 26.2 Å². The van der Waals surface area contributed by atoms with Crippen LogP contribution in [0.15, 0.2) is 6.07 Å². The van der Waals surface area contributed by atoms with Gasteiger partial charge in [0.2, 0.25) is 0 Å². The lowest BCUT2D eigenvalue weighted by molar-refractivity contribution is 0.200. The Morgan fingerprint density at radius 1 is 1.43 bits per heavy atom. The van der Waals surface area contributed by atoms with E-state index in [0.717, 1.165) is 11.5 Å². The maximum atomic E-state index is 5.68. The zero-order chi connectivity index (χ0) is 10.6. The molecule has 2 N–H and O–H groups in total. The number of rotatable bonds is 4. The van der Waals surface area contributed by atoms with Crippen LogP contribution in [0.4, 0.5) is 5.82 Å². The third-order valence-corrected chi connectivity index (χ3v) is 1.93. The molecule has 0 amide bonds. The first-order valence-electron chi connectivity index (χ1n) is 4.75. The number of nitrogens with zero attached hydrogens (tertiary/aromatic N) is 2. The minimum absolute atomic E-state index is 0.376. The Balaban J connectivity index is 2.84. The highest BCUT2D eigenvalue weighted by molar-refractivity contribution is 5.31. The molecule has 0 saturated heterocycles. The average molecular weight is 195 g/mol. The van der Waals surface area contributed by atoms with E-state index in [4.69, 9.17) is 10.5 Å². The molecule has 4 heteroatoms. The van der Waals surface area contributed by atoms with E-state index in [1.54, 1.807) is 7.11 Å². The number of nitrogens with two attached hydrogens (primary N) is 1. The molecule has 1 aromatic heterocycles. The van der Waals surface area contributed by atoms with Crippen LogP contribution in [0.2, 0.25) is 0 Å². The second-order valence-electron chi connectivity index (χ2n) is 3.53. The topological polar surface area (TPSA) is 61.0 Å². The van der Waals surface area contributed by atoms with Gasteiger partial charge in [-0.2, -0.15) is 0 Å². The number of hydrogen-bond acceptors (Lipinski definition) is 4. The minimum atomic E-state index is 0.376. The van der Waals surface area contributed by atoms with Crippen molar-refractivity contribution < 1.29 is 4.74 Å². The van der Waals surface area contributed by atoms with Gasteiger partial charge in [0, 0.05) is 25.3 Å². The first-order chi connectivity index (χ1) is 6.63. The van der Waals surface area contributed by atoms with Crippen LogP contribution in [-0.4, -0.2) is 23.7 Å². The summed E-state index contributed by atoms with van der Waals surface area (Å²) >= 11 is 0. The van der Waals surface area contributed by atoms with Crippen molar-refractivity contribution in [3.63, 3.8) is 0 Å². The van der Waals surface area contributed by atoms with E-state index in [1.807, 2.05) is 6.07 Å². The summed E-state index contributed by atoms with van der Waals surface area (Å²) in [5.74, 6) is 1.67. The molecule has 1 rings (SSSR count). The number of methoxy groups -OCH3 is 1. The molecule has 14 heavy (non-hydrogen) atoms. The Bertz CT molecular complexity index is 299. The fourth-order valence-corrected chi connectivity index (χ4v) is 1.14. The SMILES string of the molecule is COCCc1nc(N)cc(C(C)C)n1. The molecule has 0 aromatic carbocycles. The molecule has 0 aliphatic carbocycles. The molecule has 0 radical (unpaired) electrons. The highest BCUT2D eigenvalue weighted by Crippen LogP contribution is 2.13. The van der Waals surface area contributed by atoms with Gasteiger partial charge in [-0.25, -0.2) is 9.97 Å². The van der Waals surface area contributed by atoms with E-state index < -0.39 is 0 Å². The molecule has 0 aliphatic heterocycles. The van der Waals surface area contributed by atoms with Gasteiger partial charge >= 0.3 is 0 Å². The van der Waals surface area contributed by atoms with Gasteiger partial charge in [0.1, 0.15) is 11.6 Å². The third-order valence-electron chi connectivity index (χ3n) is 1.93. The van der Waals surface area contributed by atoms with E-state index in [-0.39, 0.29) is 0 Å². The molecule has 1 aromatic rings. The number of anilines is 1. The summed E-state index contributed by atoms with van der Waals surface area (Å²) in [4.78, 5) is 8.54. The molecule has 78 valence electrons. The van der Waals surface area contributed by atoms with E-state index in [2.05, 4.69) is 23.8 Å². The molecule has 0 saturated carbocycles. The molecule has 4 nitrogen and oxygen atoms in total. The van der Waals surface area contributed by atoms with E-state index in [9.17, 15) is 0 Å². The standard InChI is InChI=1S/C10H17N3O/c1-7(2)8-6-9(11)13-10(12-8)4-5-14-3/h6-7H,4-5H2,1-3H3,(H2,11,12,13). The summed E-state index contributed by atoms with van der Waals surface area (Å²) in [7, 11) is 1.66. The summed E-state index contributed by atoms with van der Waals surface area (Å²) in [5.41, 5.74) is 6.67. The summed E-state index contributed by atoms with van der Waals surface area (Å²) < 4.78 is 4.97. The van der Waals surface area contributed by atoms with Gasteiger partial charge in [-0.3, -0.25) is 0 Å². The number of aromatic nitrogens is 2. The first kappa shape index (κ1) is 10.9. The Kier molecular flexibility index (Phi) is 3.83. The van der Waals surface area contributed by atoms with Crippen LogP contribution in [0.25, 0.3) is 0 Å². The highest BCUT2D eigenvalue weighted by Gasteiger charge is 2.05. The van der Waals surface area contributed by atoms with E-state index in [1.165, 1.54) is 0 Å². The molecule has 0 fully saturated rings. The largest absolute Gasteiger partial charge is 0.384 e. The van der Waals surface area contributed by atoms with Crippen LogP contribution >= 0.6 is 0 Å². The molecule has 0 atom stereocenters. The highest BCUT2D eigenvalue weighted by atomic mass is 16.5. The number of hydrogen-bond donors (Lipinski definition) is 1. The summed E-state index contributed by atoms with van der Waals surface area (Å²) in [6, 6.07) is 1.82.